The molecule has 6 rings (SSSR count). The predicted molar refractivity (Wildman–Crippen MR) is 156 cm³/mol. The summed E-state index contributed by atoms with van der Waals surface area (Å²) in [6.45, 7) is 0. The van der Waals surface area contributed by atoms with Crippen LogP contribution in [0, 0.1) is 23.7 Å². The zero-order chi connectivity index (χ0) is 27.3. The summed E-state index contributed by atoms with van der Waals surface area (Å²) in [7, 11) is 0. The molecule has 0 saturated heterocycles. The van der Waals surface area contributed by atoms with Crippen LogP contribution >= 0.6 is 0 Å². The fourth-order valence-electron chi connectivity index (χ4n) is 4.31. The SMILES string of the molecule is O=C1C=CC(=O)c2nc(-c3cccc(C#Cc4ccccc4)c3)c(-c3cccc(C#Cc4ccccc4)c3)nc21. The van der Waals surface area contributed by atoms with Crippen molar-refractivity contribution in [1.82, 2.24) is 9.97 Å². The van der Waals surface area contributed by atoms with Gasteiger partial charge in [-0.05, 0) is 60.7 Å². The Morgan fingerprint density at radius 2 is 0.775 bits per heavy atom. The molecule has 0 unspecified atom stereocenters. The number of carbonyl (C=O) groups is 2. The summed E-state index contributed by atoms with van der Waals surface area (Å²) in [5.41, 5.74) is 5.95. The highest BCUT2D eigenvalue weighted by Gasteiger charge is 2.26. The van der Waals surface area contributed by atoms with Crippen LogP contribution in [0.1, 0.15) is 43.2 Å². The van der Waals surface area contributed by atoms with E-state index in [9.17, 15) is 9.59 Å². The average molecular weight is 513 g/mol. The Bertz CT molecular complexity index is 1790. The number of rotatable bonds is 2. The van der Waals surface area contributed by atoms with Crippen molar-refractivity contribution in [1.29, 1.82) is 0 Å². The number of benzene rings is 4. The van der Waals surface area contributed by atoms with Gasteiger partial charge in [-0.2, -0.15) is 0 Å². The van der Waals surface area contributed by atoms with Gasteiger partial charge in [0, 0.05) is 33.4 Å². The van der Waals surface area contributed by atoms with E-state index in [2.05, 4.69) is 23.7 Å². The van der Waals surface area contributed by atoms with Crippen molar-refractivity contribution >= 4 is 11.6 Å². The van der Waals surface area contributed by atoms with Crippen LogP contribution in [-0.2, 0) is 0 Å². The molecule has 4 nitrogen and oxygen atoms in total. The molecule has 0 amide bonds. The molecule has 40 heavy (non-hydrogen) atoms. The number of aromatic nitrogens is 2. The number of hydrogen-bond donors (Lipinski definition) is 0. The zero-order valence-electron chi connectivity index (χ0n) is 21.3. The summed E-state index contributed by atoms with van der Waals surface area (Å²) < 4.78 is 0. The van der Waals surface area contributed by atoms with Crippen LogP contribution in [0.15, 0.2) is 121 Å². The van der Waals surface area contributed by atoms with E-state index in [0.29, 0.717) is 11.4 Å². The largest absolute Gasteiger partial charge is 0.287 e. The minimum atomic E-state index is -0.350. The first-order valence-corrected chi connectivity index (χ1v) is 12.7. The maximum Gasteiger partial charge on any atom is 0.206 e. The van der Waals surface area contributed by atoms with Gasteiger partial charge in [0.15, 0.2) is 0 Å². The first-order chi connectivity index (χ1) is 19.6. The van der Waals surface area contributed by atoms with E-state index < -0.39 is 0 Å². The average Bonchev–Trinajstić information content (AvgIpc) is 3.02. The molecule has 4 heteroatoms. The molecule has 0 atom stereocenters. The van der Waals surface area contributed by atoms with Crippen molar-refractivity contribution in [2.45, 2.75) is 0 Å². The van der Waals surface area contributed by atoms with Gasteiger partial charge in [0.25, 0.3) is 0 Å². The van der Waals surface area contributed by atoms with Crippen molar-refractivity contribution in [3.63, 3.8) is 0 Å². The van der Waals surface area contributed by atoms with Crippen molar-refractivity contribution in [2.24, 2.45) is 0 Å². The van der Waals surface area contributed by atoms with E-state index in [1.807, 2.05) is 109 Å². The van der Waals surface area contributed by atoms with Crippen molar-refractivity contribution in [3.8, 4) is 46.2 Å². The van der Waals surface area contributed by atoms with Crippen molar-refractivity contribution in [3.05, 3.63) is 155 Å². The molecular weight excluding hydrogens is 492 g/mol. The number of ketones is 2. The third-order valence-corrected chi connectivity index (χ3v) is 6.27. The second kappa shape index (κ2) is 10.9. The highest BCUT2D eigenvalue weighted by molar-refractivity contribution is 6.20. The van der Waals surface area contributed by atoms with Crippen LogP contribution in [0.4, 0.5) is 0 Å². The van der Waals surface area contributed by atoms with Gasteiger partial charge in [-0.15, -0.1) is 0 Å². The molecule has 0 radical (unpaired) electrons. The summed E-state index contributed by atoms with van der Waals surface area (Å²) in [6.07, 6.45) is 2.48. The lowest BCUT2D eigenvalue weighted by Gasteiger charge is -2.15. The van der Waals surface area contributed by atoms with Gasteiger partial charge in [0.05, 0.1) is 11.4 Å². The molecule has 0 spiro atoms. The molecule has 1 heterocycles. The topological polar surface area (TPSA) is 59.9 Å². The number of hydrogen-bond acceptors (Lipinski definition) is 4. The Labute approximate surface area is 232 Å². The molecule has 1 aliphatic carbocycles. The van der Waals surface area contributed by atoms with E-state index in [0.717, 1.165) is 33.4 Å². The van der Waals surface area contributed by atoms with Gasteiger partial charge in [0.1, 0.15) is 11.4 Å². The summed E-state index contributed by atoms with van der Waals surface area (Å²) in [5, 5.41) is 0. The standard InChI is InChI=1S/C36H20N2O2/c39-31-21-22-32(40)36-35(31)37-33(29-15-7-13-27(23-29)19-17-25-9-3-1-4-10-25)34(38-36)30-16-8-14-28(24-30)20-18-26-11-5-2-6-12-26/h1-16,21-24H. The predicted octanol–water partition coefficient (Wildman–Crippen LogP) is 6.55. The lowest BCUT2D eigenvalue weighted by Crippen LogP contribution is -2.17. The molecule has 0 saturated carbocycles. The Morgan fingerprint density at radius 3 is 1.20 bits per heavy atom. The Kier molecular flexibility index (Phi) is 6.66. The Balaban J connectivity index is 1.47. The second-order valence-electron chi connectivity index (χ2n) is 9.07. The van der Waals surface area contributed by atoms with Crippen LogP contribution in [0.3, 0.4) is 0 Å². The summed E-state index contributed by atoms with van der Waals surface area (Å²) in [5.74, 6) is 12.1. The normalized spacial score (nSPS) is 11.6. The molecule has 186 valence electrons. The van der Waals surface area contributed by atoms with Gasteiger partial charge < -0.3 is 0 Å². The quantitative estimate of drug-likeness (QED) is 0.252. The van der Waals surface area contributed by atoms with Crippen molar-refractivity contribution in [2.75, 3.05) is 0 Å². The summed E-state index contributed by atoms with van der Waals surface area (Å²) in [4.78, 5) is 34.8. The van der Waals surface area contributed by atoms with Gasteiger partial charge in [-0.1, -0.05) is 84.3 Å². The maximum atomic E-state index is 12.7. The minimum Gasteiger partial charge on any atom is -0.287 e. The first-order valence-electron chi connectivity index (χ1n) is 12.7. The lowest BCUT2D eigenvalue weighted by molar-refractivity contribution is 0.0987. The molecule has 1 aromatic heterocycles. The van der Waals surface area contributed by atoms with Gasteiger partial charge >= 0.3 is 0 Å². The minimum absolute atomic E-state index is 0.0482. The molecular formula is C36H20N2O2. The van der Waals surface area contributed by atoms with Crippen LogP contribution in [0.25, 0.3) is 22.5 Å². The lowest BCUT2D eigenvalue weighted by atomic mass is 9.98. The highest BCUT2D eigenvalue weighted by Crippen LogP contribution is 2.32. The Morgan fingerprint density at radius 1 is 0.400 bits per heavy atom. The summed E-state index contributed by atoms with van der Waals surface area (Å²) >= 11 is 0. The first kappa shape index (κ1) is 24.5. The van der Waals surface area contributed by atoms with Crippen LogP contribution < -0.4 is 0 Å². The Hall–Kier alpha value is -5.84. The van der Waals surface area contributed by atoms with Gasteiger partial charge in [-0.25, -0.2) is 9.97 Å². The maximum absolute atomic E-state index is 12.7. The van der Waals surface area contributed by atoms with Crippen molar-refractivity contribution < 1.29 is 9.59 Å². The number of fused-ring (bicyclic) bond motifs is 1. The number of allylic oxidation sites excluding steroid dienone is 2. The molecule has 0 bridgehead atoms. The zero-order valence-corrected chi connectivity index (χ0v) is 21.3. The molecule has 1 aliphatic rings. The number of nitrogens with zero attached hydrogens (tertiary/aromatic N) is 2. The van der Waals surface area contributed by atoms with E-state index >= 15 is 0 Å². The molecule has 4 aromatic carbocycles. The molecule has 0 N–H and O–H groups in total. The van der Waals surface area contributed by atoms with Crippen LogP contribution in [-0.4, -0.2) is 21.5 Å². The van der Waals surface area contributed by atoms with Crippen LogP contribution in [0.2, 0.25) is 0 Å². The van der Waals surface area contributed by atoms with E-state index in [1.165, 1.54) is 12.2 Å². The number of carbonyl (C=O) groups excluding carboxylic acids is 2. The van der Waals surface area contributed by atoms with Gasteiger partial charge in [0.2, 0.25) is 11.6 Å². The second-order valence-corrected chi connectivity index (χ2v) is 9.07. The van der Waals surface area contributed by atoms with E-state index in [-0.39, 0.29) is 23.0 Å². The van der Waals surface area contributed by atoms with Gasteiger partial charge in [-0.3, -0.25) is 9.59 Å². The smallest absolute Gasteiger partial charge is 0.206 e. The van der Waals surface area contributed by atoms with E-state index in [1.54, 1.807) is 0 Å². The fraction of sp³-hybridized carbons (Fsp3) is 0. The third-order valence-electron chi connectivity index (χ3n) is 6.27. The monoisotopic (exact) mass is 512 g/mol. The third kappa shape index (κ3) is 5.24. The highest BCUT2D eigenvalue weighted by atomic mass is 16.1. The molecule has 0 fully saturated rings. The summed E-state index contributed by atoms with van der Waals surface area (Å²) in [6, 6.07) is 34.7. The van der Waals surface area contributed by atoms with E-state index in [4.69, 9.17) is 9.97 Å². The van der Waals surface area contributed by atoms with Crippen LogP contribution in [0.5, 0.6) is 0 Å². The molecule has 5 aromatic rings. The fourth-order valence-corrected chi connectivity index (χ4v) is 4.31. The molecule has 0 aliphatic heterocycles.